The second-order valence-corrected chi connectivity index (χ2v) is 12.9. The molecule has 0 spiro atoms. The van der Waals surface area contributed by atoms with Crippen molar-refractivity contribution in [3.8, 4) is 34.1 Å². The van der Waals surface area contributed by atoms with Crippen molar-refractivity contribution in [1.29, 1.82) is 0 Å². The first-order valence-corrected chi connectivity index (χ1v) is 15.9. The highest BCUT2D eigenvalue weighted by Crippen LogP contribution is 2.33. The van der Waals surface area contributed by atoms with Gasteiger partial charge < -0.3 is 24.4 Å². The largest absolute Gasteiger partial charge is 0.486 e. The molecule has 4 aromatic rings. The van der Waals surface area contributed by atoms with Gasteiger partial charge in [0.2, 0.25) is 0 Å². The lowest BCUT2D eigenvalue weighted by atomic mass is 10.0. The zero-order valence-corrected chi connectivity index (χ0v) is 28.5. The van der Waals surface area contributed by atoms with Crippen LogP contribution < -0.4 is 14.2 Å². The van der Waals surface area contributed by atoms with E-state index in [0.29, 0.717) is 12.2 Å². The standard InChI is InChI=1S/C23H21BrO3.C11H13BrCl2O2/c1-17(5-4-16-25)26-23-7-3-2-6-22(23)18-8-12-20(13-9-18)27-21-14-10-19(24)11-15-21;1-11(14,6-9(13)7-15)16-10-4-2-8(12)3-5-10/h2-15,17,25H,16H2,1H3;2-5,9,15H,6-7H2,1H3. The van der Waals surface area contributed by atoms with Crippen LogP contribution in [-0.2, 0) is 0 Å². The molecule has 0 aromatic heterocycles. The molecule has 3 atom stereocenters. The van der Waals surface area contributed by atoms with Crippen molar-refractivity contribution in [3.63, 3.8) is 0 Å². The Morgan fingerprint density at radius 2 is 1.35 bits per heavy atom. The van der Waals surface area contributed by atoms with E-state index in [4.69, 9.17) is 47.6 Å². The van der Waals surface area contributed by atoms with E-state index in [-0.39, 0.29) is 19.3 Å². The third-order valence-corrected chi connectivity index (χ3v) is 7.44. The summed E-state index contributed by atoms with van der Waals surface area (Å²) in [5.41, 5.74) is 2.06. The average Bonchev–Trinajstić information content (AvgIpc) is 2.99. The predicted molar refractivity (Wildman–Crippen MR) is 183 cm³/mol. The molecule has 0 aliphatic carbocycles. The zero-order chi connectivity index (χ0) is 31.2. The van der Waals surface area contributed by atoms with Gasteiger partial charge >= 0.3 is 0 Å². The number of benzene rings is 4. The molecule has 0 aliphatic heterocycles. The summed E-state index contributed by atoms with van der Waals surface area (Å²) >= 11 is 18.7. The Balaban J connectivity index is 0.000000271. The molecule has 4 aromatic carbocycles. The van der Waals surface area contributed by atoms with Crippen LogP contribution in [0.3, 0.4) is 0 Å². The van der Waals surface area contributed by atoms with Gasteiger partial charge in [0, 0.05) is 20.9 Å². The Morgan fingerprint density at radius 3 is 1.91 bits per heavy atom. The first-order valence-electron chi connectivity index (χ1n) is 13.5. The lowest BCUT2D eigenvalue weighted by Gasteiger charge is -2.25. The molecule has 0 radical (unpaired) electrons. The van der Waals surface area contributed by atoms with Gasteiger partial charge in [-0.2, -0.15) is 0 Å². The van der Waals surface area contributed by atoms with Crippen molar-refractivity contribution >= 4 is 55.1 Å². The minimum absolute atomic E-state index is 0.00910. The monoisotopic (exact) mass is 750 g/mol. The SMILES string of the molecule is CC(C=CCO)Oc1ccccc1-c1ccc(Oc2ccc(Br)cc2)cc1.CC(Cl)(CC(Cl)CO)Oc1ccc(Br)cc1. The number of para-hydroxylation sites is 1. The highest BCUT2D eigenvalue weighted by Gasteiger charge is 2.26. The smallest absolute Gasteiger partial charge is 0.181 e. The molecule has 5 nitrogen and oxygen atoms in total. The van der Waals surface area contributed by atoms with Gasteiger partial charge in [0.05, 0.1) is 18.6 Å². The van der Waals surface area contributed by atoms with Crippen LogP contribution in [0.25, 0.3) is 11.1 Å². The van der Waals surface area contributed by atoms with Crippen LogP contribution >= 0.6 is 55.1 Å². The Morgan fingerprint density at radius 1 is 0.814 bits per heavy atom. The molecule has 43 heavy (non-hydrogen) atoms. The fourth-order valence-corrected chi connectivity index (χ4v) is 5.07. The third kappa shape index (κ3) is 12.5. The third-order valence-electron chi connectivity index (χ3n) is 5.86. The predicted octanol–water partition coefficient (Wildman–Crippen LogP) is 10.00. The number of alkyl halides is 2. The molecule has 228 valence electrons. The number of aliphatic hydroxyl groups is 2. The zero-order valence-electron chi connectivity index (χ0n) is 23.8. The lowest BCUT2D eigenvalue weighted by Crippen LogP contribution is -2.29. The maximum atomic E-state index is 8.90. The molecule has 0 bridgehead atoms. The number of rotatable bonds is 12. The van der Waals surface area contributed by atoms with Gasteiger partial charge in [0.25, 0.3) is 0 Å². The average molecular weight is 753 g/mol. The van der Waals surface area contributed by atoms with Crippen molar-refractivity contribution in [3.05, 3.63) is 118 Å². The van der Waals surface area contributed by atoms with Crippen LogP contribution in [0, 0.1) is 0 Å². The van der Waals surface area contributed by atoms with Crippen molar-refractivity contribution in [2.75, 3.05) is 13.2 Å². The molecule has 4 rings (SSSR count). The van der Waals surface area contributed by atoms with E-state index in [1.165, 1.54) is 0 Å². The van der Waals surface area contributed by atoms with Crippen molar-refractivity contribution in [2.45, 2.75) is 36.8 Å². The highest BCUT2D eigenvalue weighted by molar-refractivity contribution is 9.10. The van der Waals surface area contributed by atoms with Gasteiger partial charge in [0.1, 0.15) is 29.1 Å². The van der Waals surface area contributed by atoms with Gasteiger partial charge in [-0.15, -0.1) is 11.6 Å². The van der Waals surface area contributed by atoms with Gasteiger partial charge in [-0.3, -0.25) is 0 Å². The Hall–Kier alpha value is -2.52. The maximum Gasteiger partial charge on any atom is 0.181 e. The maximum absolute atomic E-state index is 8.90. The van der Waals surface area contributed by atoms with E-state index in [1.807, 2.05) is 110 Å². The molecule has 0 amide bonds. The normalized spacial score (nSPS) is 13.8. The molecule has 9 heteroatoms. The number of aliphatic hydroxyl groups excluding tert-OH is 2. The summed E-state index contributed by atoms with van der Waals surface area (Å²) in [4.78, 5) is 0. The van der Waals surface area contributed by atoms with Crippen molar-refractivity contribution < 1.29 is 24.4 Å². The summed E-state index contributed by atoms with van der Waals surface area (Å²) in [6, 6.07) is 30.9. The lowest BCUT2D eigenvalue weighted by molar-refractivity contribution is 0.153. The first kappa shape index (κ1) is 35.0. The van der Waals surface area contributed by atoms with Crippen LogP contribution in [0.15, 0.2) is 118 Å². The Kier molecular flexibility index (Phi) is 14.4. The molecule has 0 fully saturated rings. The summed E-state index contributed by atoms with van der Waals surface area (Å²) in [7, 11) is 0. The molecule has 2 N–H and O–H groups in total. The van der Waals surface area contributed by atoms with E-state index in [1.54, 1.807) is 13.0 Å². The topological polar surface area (TPSA) is 68.2 Å². The van der Waals surface area contributed by atoms with Crippen LogP contribution in [0.4, 0.5) is 0 Å². The first-order chi connectivity index (χ1) is 20.6. The number of hydrogen-bond donors (Lipinski definition) is 2. The van der Waals surface area contributed by atoms with Crippen LogP contribution in [0.5, 0.6) is 23.0 Å². The van der Waals surface area contributed by atoms with Gasteiger partial charge in [-0.25, -0.2) is 0 Å². The molecule has 0 saturated carbocycles. The summed E-state index contributed by atoms with van der Waals surface area (Å²) < 4.78 is 19.5. The van der Waals surface area contributed by atoms with Gasteiger partial charge in [-0.1, -0.05) is 79.9 Å². The van der Waals surface area contributed by atoms with Crippen LogP contribution in [0.1, 0.15) is 20.3 Å². The van der Waals surface area contributed by atoms with Crippen LogP contribution in [-0.4, -0.2) is 40.0 Å². The summed E-state index contributed by atoms with van der Waals surface area (Å²) in [6.45, 7) is 3.56. The number of hydrogen-bond acceptors (Lipinski definition) is 5. The quantitative estimate of drug-likeness (QED) is 0.111. The summed E-state index contributed by atoms with van der Waals surface area (Å²) in [5.74, 6) is 3.04. The minimum Gasteiger partial charge on any atom is -0.486 e. The fourth-order valence-electron chi connectivity index (χ4n) is 3.89. The highest BCUT2D eigenvalue weighted by atomic mass is 79.9. The number of ether oxygens (including phenoxy) is 3. The van der Waals surface area contributed by atoms with E-state index < -0.39 is 10.4 Å². The summed E-state index contributed by atoms with van der Waals surface area (Å²) in [5, 5.41) is 16.4. The van der Waals surface area contributed by atoms with Crippen molar-refractivity contribution in [1.82, 2.24) is 0 Å². The molecule has 0 heterocycles. The summed E-state index contributed by atoms with van der Waals surface area (Å²) in [6.07, 6.45) is 3.76. The van der Waals surface area contributed by atoms with E-state index in [9.17, 15) is 0 Å². The second kappa shape index (κ2) is 17.7. The van der Waals surface area contributed by atoms with Gasteiger partial charge in [-0.05, 0) is 92.2 Å². The van der Waals surface area contributed by atoms with Gasteiger partial charge in [0.15, 0.2) is 5.06 Å². The molecular weight excluding hydrogens is 719 g/mol. The minimum atomic E-state index is -0.914. The molecular formula is C34H34Br2Cl2O5. The van der Waals surface area contributed by atoms with E-state index >= 15 is 0 Å². The van der Waals surface area contributed by atoms with Crippen LogP contribution in [0.2, 0.25) is 0 Å². The van der Waals surface area contributed by atoms with Crippen molar-refractivity contribution in [2.24, 2.45) is 0 Å². The molecule has 0 saturated heterocycles. The Labute approximate surface area is 280 Å². The van der Waals surface area contributed by atoms with E-state index in [0.717, 1.165) is 37.3 Å². The van der Waals surface area contributed by atoms with E-state index in [2.05, 4.69) is 31.9 Å². The molecule has 0 aliphatic rings. The second-order valence-electron chi connectivity index (χ2n) is 9.65. The molecule has 3 unspecified atom stereocenters. The Bertz CT molecular complexity index is 1410. The fraction of sp³-hybridized carbons (Fsp3) is 0.235. The number of halogens is 4.